The third kappa shape index (κ3) is 3.48. The minimum atomic E-state index is -0.301. The molecule has 1 aliphatic carbocycles. The Hall–Kier alpha value is -1.16. The van der Waals surface area contributed by atoms with Crippen LogP contribution in [-0.2, 0) is 9.59 Å². The van der Waals surface area contributed by atoms with Gasteiger partial charge in [-0.1, -0.05) is 31.4 Å². The third-order valence-corrected chi connectivity index (χ3v) is 4.65. The lowest BCUT2D eigenvalue weighted by Crippen LogP contribution is -2.51. The van der Waals surface area contributed by atoms with Crippen LogP contribution in [0.2, 0.25) is 0 Å². The Morgan fingerprint density at radius 1 is 1.30 bits per heavy atom. The van der Waals surface area contributed by atoms with Crippen LogP contribution in [0, 0.1) is 5.92 Å². The average Bonchev–Trinajstić information content (AvgIpc) is 2.75. The van der Waals surface area contributed by atoms with Crippen LogP contribution in [0.5, 0.6) is 0 Å². The second-order valence-corrected chi connectivity index (χ2v) is 6.38. The van der Waals surface area contributed by atoms with E-state index in [-0.39, 0.29) is 23.8 Å². The second kappa shape index (κ2) is 6.53. The topological polar surface area (TPSA) is 49.4 Å². The van der Waals surface area contributed by atoms with E-state index in [1.807, 2.05) is 11.9 Å². The lowest BCUT2D eigenvalue weighted by molar-refractivity contribution is -0.130. The molecule has 2 rings (SSSR count). The number of rotatable bonds is 4. The van der Waals surface area contributed by atoms with E-state index in [0.717, 1.165) is 25.0 Å². The number of hydrogen-bond acceptors (Lipinski definition) is 3. The highest BCUT2D eigenvalue weighted by Gasteiger charge is 2.34. The van der Waals surface area contributed by atoms with Crippen LogP contribution in [0.4, 0.5) is 0 Å². The number of ketones is 1. The summed E-state index contributed by atoms with van der Waals surface area (Å²) in [6.45, 7) is 6.32. The lowest BCUT2D eigenvalue weighted by Gasteiger charge is -2.30. The number of Topliss-reactive ketones (excluding diaryl/α,β-unsaturated/α-hetero) is 1. The summed E-state index contributed by atoms with van der Waals surface area (Å²) in [5.74, 6) is 0.391. The van der Waals surface area contributed by atoms with Crippen molar-refractivity contribution < 1.29 is 9.59 Å². The monoisotopic (exact) mass is 278 g/mol. The number of nitrogens with zero attached hydrogens (tertiary/aromatic N) is 1. The number of carbonyl (C=O) groups is 2. The van der Waals surface area contributed by atoms with Crippen molar-refractivity contribution in [3.05, 3.63) is 12.2 Å². The molecule has 1 aliphatic heterocycles. The van der Waals surface area contributed by atoms with Crippen molar-refractivity contribution in [1.29, 1.82) is 0 Å². The van der Waals surface area contributed by atoms with Crippen molar-refractivity contribution in [1.82, 2.24) is 10.2 Å². The van der Waals surface area contributed by atoms with Gasteiger partial charge >= 0.3 is 0 Å². The molecule has 4 heteroatoms. The molecule has 0 bridgehead atoms. The predicted molar refractivity (Wildman–Crippen MR) is 79.4 cm³/mol. The lowest BCUT2D eigenvalue weighted by atomic mass is 9.82. The first kappa shape index (κ1) is 15.2. The average molecular weight is 278 g/mol. The predicted octanol–water partition coefficient (Wildman–Crippen LogP) is 1.90. The molecule has 2 fully saturated rings. The molecule has 112 valence electrons. The maximum Gasteiger partial charge on any atom is 0.238 e. The Morgan fingerprint density at radius 2 is 1.95 bits per heavy atom. The zero-order valence-corrected chi connectivity index (χ0v) is 12.7. The van der Waals surface area contributed by atoms with Crippen LogP contribution in [0.1, 0.15) is 45.4 Å². The fourth-order valence-electron chi connectivity index (χ4n) is 3.52. The standard InChI is InChI=1S/C16H26N2O2/c1-11-9-14(18(3)10-11)16(20)17-15(12(2)19)13-7-5-4-6-8-13/h13-15H,1,4-10H2,2-3H3,(H,17,20)/t14-,15+/m0/s1. The minimum absolute atomic E-state index is 0.0167. The Bertz CT molecular complexity index is 399. The van der Waals surface area contributed by atoms with E-state index in [1.165, 1.54) is 19.3 Å². The molecule has 0 unspecified atom stereocenters. The molecule has 20 heavy (non-hydrogen) atoms. The van der Waals surface area contributed by atoms with Crippen LogP contribution < -0.4 is 5.32 Å². The molecule has 0 aromatic heterocycles. The second-order valence-electron chi connectivity index (χ2n) is 6.38. The van der Waals surface area contributed by atoms with E-state index < -0.39 is 0 Å². The Kier molecular flexibility index (Phi) is 4.97. The molecule has 1 saturated heterocycles. The van der Waals surface area contributed by atoms with Gasteiger partial charge in [0.25, 0.3) is 0 Å². The van der Waals surface area contributed by atoms with E-state index in [2.05, 4.69) is 11.9 Å². The quantitative estimate of drug-likeness (QED) is 0.799. The molecule has 2 atom stereocenters. The molecule has 0 spiro atoms. The first-order chi connectivity index (χ1) is 9.49. The molecule has 1 amide bonds. The Morgan fingerprint density at radius 3 is 2.45 bits per heavy atom. The molecular weight excluding hydrogens is 252 g/mol. The summed E-state index contributed by atoms with van der Waals surface area (Å²) in [6.07, 6.45) is 6.41. The zero-order valence-electron chi connectivity index (χ0n) is 12.7. The SMILES string of the molecule is C=C1C[C@@H](C(=O)N[C@H](C(C)=O)C2CCCCC2)N(C)C1. The van der Waals surface area contributed by atoms with Gasteiger partial charge in [0.05, 0.1) is 12.1 Å². The highest BCUT2D eigenvalue weighted by Crippen LogP contribution is 2.27. The zero-order chi connectivity index (χ0) is 14.7. The van der Waals surface area contributed by atoms with E-state index in [9.17, 15) is 9.59 Å². The maximum absolute atomic E-state index is 12.4. The fraction of sp³-hybridized carbons (Fsp3) is 0.750. The summed E-state index contributed by atoms with van der Waals surface area (Å²) >= 11 is 0. The Balaban J connectivity index is 1.98. The number of nitrogens with one attached hydrogen (secondary N) is 1. The van der Waals surface area contributed by atoms with Gasteiger partial charge in [-0.25, -0.2) is 0 Å². The van der Waals surface area contributed by atoms with Crippen molar-refractivity contribution in [2.45, 2.75) is 57.5 Å². The highest BCUT2D eigenvalue weighted by atomic mass is 16.2. The largest absolute Gasteiger partial charge is 0.345 e. The molecule has 1 saturated carbocycles. The molecule has 0 radical (unpaired) electrons. The van der Waals surface area contributed by atoms with Gasteiger partial charge in [0, 0.05) is 6.54 Å². The van der Waals surface area contributed by atoms with Crippen molar-refractivity contribution in [3.8, 4) is 0 Å². The van der Waals surface area contributed by atoms with Crippen LogP contribution >= 0.6 is 0 Å². The molecule has 2 aliphatic rings. The van der Waals surface area contributed by atoms with E-state index >= 15 is 0 Å². The van der Waals surface area contributed by atoms with Gasteiger partial charge in [0.15, 0.2) is 5.78 Å². The minimum Gasteiger partial charge on any atom is -0.345 e. The van der Waals surface area contributed by atoms with Crippen molar-refractivity contribution >= 4 is 11.7 Å². The Labute approximate surface area is 121 Å². The van der Waals surface area contributed by atoms with Gasteiger partial charge in [0.2, 0.25) is 5.91 Å². The summed E-state index contributed by atoms with van der Waals surface area (Å²) in [6, 6.07) is -0.460. The number of hydrogen-bond donors (Lipinski definition) is 1. The van der Waals surface area contributed by atoms with E-state index in [0.29, 0.717) is 12.3 Å². The fourth-order valence-corrected chi connectivity index (χ4v) is 3.52. The van der Waals surface area contributed by atoms with Gasteiger partial charge in [-0.15, -0.1) is 0 Å². The van der Waals surface area contributed by atoms with Gasteiger partial charge < -0.3 is 5.32 Å². The number of carbonyl (C=O) groups excluding carboxylic acids is 2. The summed E-state index contributed by atoms with van der Waals surface area (Å²) in [7, 11) is 1.94. The van der Waals surface area contributed by atoms with Crippen molar-refractivity contribution in [3.63, 3.8) is 0 Å². The summed E-state index contributed by atoms with van der Waals surface area (Å²) in [4.78, 5) is 26.3. The first-order valence-electron chi connectivity index (χ1n) is 7.66. The molecule has 1 N–H and O–H groups in total. The van der Waals surface area contributed by atoms with Gasteiger partial charge in [-0.3, -0.25) is 14.5 Å². The van der Waals surface area contributed by atoms with Gasteiger partial charge in [0.1, 0.15) is 0 Å². The molecular formula is C16H26N2O2. The molecule has 1 heterocycles. The van der Waals surface area contributed by atoms with Crippen LogP contribution in [0.3, 0.4) is 0 Å². The van der Waals surface area contributed by atoms with E-state index in [1.54, 1.807) is 6.92 Å². The highest BCUT2D eigenvalue weighted by molar-refractivity contribution is 5.90. The van der Waals surface area contributed by atoms with Gasteiger partial charge in [-0.05, 0) is 39.2 Å². The van der Waals surface area contributed by atoms with E-state index in [4.69, 9.17) is 0 Å². The van der Waals surface area contributed by atoms with Crippen LogP contribution in [-0.4, -0.2) is 42.3 Å². The number of likely N-dealkylation sites (tertiary alicyclic amines) is 1. The molecule has 0 aromatic rings. The summed E-state index contributed by atoms with van der Waals surface area (Å²) in [5.41, 5.74) is 1.09. The maximum atomic E-state index is 12.4. The number of amides is 1. The summed E-state index contributed by atoms with van der Waals surface area (Å²) in [5, 5.41) is 3.01. The van der Waals surface area contributed by atoms with Crippen LogP contribution in [0.15, 0.2) is 12.2 Å². The number of likely N-dealkylation sites (N-methyl/N-ethyl adjacent to an activating group) is 1. The molecule has 4 nitrogen and oxygen atoms in total. The first-order valence-corrected chi connectivity index (χ1v) is 7.66. The van der Waals surface area contributed by atoms with Crippen molar-refractivity contribution in [2.24, 2.45) is 5.92 Å². The van der Waals surface area contributed by atoms with Crippen LogP contribution in [0.25, 0.3) is 0 Å². The van der Waals surface area contributed by atoms with Crippen molar-refractivity contribution in [2.75, 3.05) is 13.6 Å². The normalized spacial score (nSPS) is 26.5. The third-order valence-electron chi connectivity index (χ3n) is 4.65. The molecule has 0 aromatic carbocycles. The summed E-state index contributed by atoms with van der Waals surface area (Å²) < 4.78 is 0. The van der Waals surface area contributed by atoms with Gasteiger partial charge in [-0.2, -0.15) is 0 Å². The smallest absolute Gasteiger partial charge is 0.238 e.